The molecule has 4 heteroatoms. The molecule has 5 rings (SSSR count). The Morgan fingerprint density at radius 2 is 1.15 bits per heavy atom. The van der Waals surface area contributed by atoms with Gasteiger partial charge in [0.1, 0.15) is 5.76 Å². The van der Waals surface area contributed by atoms with Gasteiger partial charge in [0.2, 0.25) is 0 Å². The zero-order valence-electron chi connectivity index (χ0n) is 28.2. The number of aryl methyl sites for hydroxylation is 2. The second kappa shape index (κ2) is 12.6. The van der Waals surface area contributed by atoms with E-state index in [1.807, 2.05) is 102 Å². The van der Waals surface area contributed by atoms with E-state index in [9.17, 15) is 9.59 Å². The standard InChI is InChI=1S/C42H44O4/c1-28-19-23-30(24-20-28)27-34-35(37(32-15-11-9-12-16-32)45-38(43)40(3,4)5)36(31-25-21-29(2)22-26-31)42(34,33-17-13-10-14-18-33)46-39(44)41(6,7)8/h9-27,36H,1-8H3/b34-27-,37-35+/t36-,42-/m0/s1. The first-order chi connectivity index (χ1) is 21.7. The Balaban J connectivity index is 1.93. The lowest BCUT2D eigenvalue weighted by molar-refractivity contribution is -0.171. The maximum atomic E-state index is 14.0. The second-order valence-electron chi connectivity index (χ2n) is 14.3. The zero-order chi connectivity index (χ0) is 33.3. The smallest absolute Gasteiger partial charge is 0.316 e. The van der Waals surface area contributed by atoms with Crippen LogP contribution in [0.5, 0.6) is 0 Å². The Morgan fingerprint density at radius 3 is 1.67 bits per heavy atom. The molecule has 0 aromatic heterocycles. The van der Waals surface area contributed by atoms with Crippen molar-refractivity contribution in [1.29, 1.82) is 0 Å². The fourth-order valence-corrected chi connectivity index (χ4v) is 5.65. The minimum Gasteiger partial charge on any atom is -0.448 e. The Bertz CT molecular complexity index is 1770. The molecule has 0 bridgehead atoms. The molecule has 1 aliphatic rings. The van der Waals surface area contributed by atoms with E-state index in [1.165, 1.54) is 0 Å². The summed E-state index contributed by atoms with van der Waals surface area (Å²) in [6, 6.07) is 36.2. The van der Waals surface area contributed by atoms with Crippen LogP contribution in [0.1, 0.15) is 80.8 Å². The molecular formula is C42H44O4. The van der Waals surface area contributed by atoms with Gasteiger partial charge in [-0.25, -0.2) is 0 Å². The van der Waals surface area contributed by atoms with Gasteiger partial charge in [-0.05, 0) is 72.6 Å². The first kappa shape index (κ1) is 32.7. The molecule has 1 saturated carbocycles. The van der Waals surface area contributed by atoms with E-state index in [4.69, 9.17) is 9.47 Å². The zero-order valence-corrected chi connectivity index (χ0v) is 28.2. The molecule has 0 amide bonds. The first-order valence-corrected chi connectivity index (χ1v) is 15.9. The van der Waals surface area contributed by atoms with Crippen LogP contribution in [0.3, 0.4) is 0 Å². The third kappa shape index (κ3) is 6.48. The molecule has 4 nitrogen and oxygen atoms in total. The average Bonchev–Trinajstić information content (AvgIpc) is 3.02. The predicted molar refractivity (Wildman–Crippen MR) is 186 cm³/mol. The molecular weight excluding hydrogens is 568 g/mol. The lowest BCUT2D eigenvalue weighted by atomic mass is 9.54. The number of esters is 2. The largest absolute Gasteiger partial charge is 0.448 e. The Kier molecular flexibility index (Phi) is 8.95. The molecule has 0 radical (unpaired) electrons. The highest BCUT2D eigenvalue weighted by Crippen LogP contribution is 2.65. The van der Waals surface area contributed by atoms with E-state index in [0.29, 0.717) is 5.76 Å². The van der Waals surface area contributed by atoms with Gasteiger partial charge in [0, 0.05) is 22.3 Å². The van der Waals surface area contributed by atoms with Crippen molar-refractivity contribution in [3.63, 3.8) is 0 Å². The topological polar surface area (TPSA) is 52.6 Å². The maximum Gasteiger partial charge on any atom is 0.316 e. The monoisotopic (exact) mass is 612 g/mol. The number of carbonyl (C=O) groups is 2. The Morgan fingerprint density at radius 1 is 0.652 bits per heavy atom. The van der Waals surface area contributed by atoms with E-state index in [2.05, 4.69) is 68.5 Å². The summed E-state index contributed by atoms with van der Waals surface area (Å²) in [4.78, 5) is 27.7. The van der Waals surface area contributed by atoms with E-state index in [0.717, 1.165) is 44.5 Å². The minimum atomic E-state index is -1.21. The van der Waals surface area contributed by atoms with E-state index in [1.54, 1.807) is 0 Å². The summed E-state index contributed by atoms with van der Waals surface area (Å²) in [5.74, 6) is -0.695. The number of hydrogen-bond donors (Lipinski definition) is 0. The number of ether oxygens (including phenoxy) is 2. The summed E-state index contributed by atoms with van der Waals surface area (Å²) >= 11 is 0. The molecule has 236 valence electrons. The highest BCUT2D eigenvalue weighted by molar-refractivity contribution is 5.90. The third-order valence-electron chi connectivity index (χ3n) is 8.34. The Hall–Kier alpha value is -4.70. The van der Waals surface area contributed by atoms with Crippen molar-refractivity contribution in [1.82, 2.24) is 0 Å². The Labute approximate surface area is 273 Å². The highest BCUT2D eigenvalue weighted by atomic mass is 16.6. The predicted octanol–water partition coefficient (Wildman–Crippen LogP) is 9.97. The number of rotatable bonds is 6. The minimum absolute atomic E-state index is 0.324. The number of carbonyl (C=O) groups excluding carboxylic acids is 2. The van der Waals surface area contributed by atoms with Gasteiger partial charge in [-0.3, -0.25) is 9.59 Å². The second-order valence-corrected chi connectivity index (χ2v) is 14.3. The molecule has 0 unspecified atom stereocenters. The average molecular weight is 613 g/mol. The van der Waals surface area contributed by atoms with Gasteiger partial charge in [-0.2, -0.15) is 0 Å². The SMILES string of the molecule is Cc1ccc(/C=C2/C(=C(\OC(=O)C(C)(C)C)c3ccccc3)[C@H](c3ccc(C)cc3)[C@]2(OC(=O)C(C)(C)C)c2ccccc2)cc1. The van der Waals surface area contributed by atoms with Crippen molar-refractivity contribution in [3.8, 4) is 0 Å². The van der Waals surface area contributed by atoms with Gasteiger partial charge >= 0.3 is 11.9 Å². The summed E-state index contributed by atoms with van der Waals surface area (Å²) in [5, 5.41) is 0. The lowest BCUT2D eigenvalue weighted by Crippen LogP contribution is -2.52. The van der Waals surface area contributed by atoms with Gasteiger partial charge in [0.05, 0.1) is 16.7 Å². The molecule has 1 aliphatic carbocycles. The van der Waals surface area contributed by atoms with Crippen LogP contribution < -0.4 is 0 Å². The normalized spacial score (nSPS) is 20.1. The van der Waals surface area contributed by atoms with E-state index < -0.39 is 22.3 Å². The van der Waals surface area contributed by atoms with Crippen molar-refractivity contribution < 1.29 is 19.1 Å². The molecule has 4 aromatic rings. The lowest BCUT2D eigenvalue weighted by Gasteiger charge is -2.54. The van der Waals surface area contributed by atoms with Crippen LogP contribution in [0.25, 0.3) is 11.8 Å². The van der Waals surface area contributed by atoms with Crippen LogP contribution >= 0.6 is 0 Å². The molecule has 46 heavy (non-hydrogen) atoms. The van der Waals surface area contributed by atoms with Crippen LogP contribution in [0, 0.1) is 24.7 Å². The van der Waals surface area contributed by atoms with Crippen molar-refractivity contribution in [2.24, 2.45) is 10.8 Å². The summed E-state index contributed by atoms with van der Waals surface area (Å²) < 4.78 is 13.3. The molecule has 1 fully saturated rings. The van der Waals surface area contributed by atoms with E-state index in [-0.39, 0.29) is 11.9 Å². The highest BCUT2D eigenvalue weighted by Gasteiger charge is 2.62. The van der Waals surface area contributed by atoms with Gasteiger partial charge in [-0.1, -0.05) is 120 Å². The van der Waals surface area contributed by atoms with Crippen molar-refractivity contribution in [2.45, 2.75) is 66.9 Å². The van der Waals surface area contributed by atoms with E-state index >= 15 is 0 Å². The van der Waals surface area contributed by atoms with Gasteiger partial charge in [0.25, 0.3) is 0 Å². The maximum absolute atomic E-state index is 14.0. The number of benzene rings is 4. The quantitative estimate of drug-likeness (QED) is 0.161. The van der Waals surface area contributed by atoms with Crippen molar-refractivity contribution in [3.05, 3.63) is 154 Å². The fourth-order valence-electron chi connectivity index (χ4n) is 5.65. The van der Waals surface area contributed by atoms with Crippen LogP contribution in [0.4, 0.5) is 0 Å². The molecule has 0 saturated heterocycles. The third-order valence-corrected chi connectivity index (χ3v) is 8.34. The van der Waals surface area contributed by atoms with Crippen LogP contribution in [0.15, 0.2) is 120 Å². The van der Waals surface area contributed by atoms with Gasteiger partial charge < -0.3 is 9.47 Å². The molecule has 0 heterocycles. The van der Waals surface area contributed by atoms with Crippen molar-refractivity contribution in [2.75, 3.05) is 0 Å². The van der Waals surface area contributed by atoms with Gasteiger partial charge in [0.15, 0.2) is 5.60 Å². The molecule has 0 N–H and O–H groups in total. The fraction of sp³-hybridized carbons (Fsp3) is 0.286. The number of hydrogen-bond acceptors (Lipinski definition) is 4. The van der Waals surface area contributed by atoms with Gasteiger partial charge in [-0.15, -0.1) is 0 Å². The molecule has 2 atom stereocenters. The first-order valence-electron chi connectivity index (χ1n) is 15.9. The summed E-state index contributed by atoms with van der Waals surface area (Å²) in [6.45, 7) is 15.3. The molecule has 0 spiro atoms. The summed E-state index contributed by atoms with van der Waals surface area (Å²) in [7, 11) is 0. The molecule has 0 aliphatic heterocycles. The summed E-state index contributed by atoms with van der Waals surface area (Å²) in [6.07, 6.45) is 2.08. The van der Waals surface area contributed by atoms with Crippen LogP contribution in [-0.4, -0.2) is 11.9 Å². The van der Waals surface area contributed by atoms with Crippen molar-refractivity contribution >= 4 is 23.8 Å². The summed E-state index contributed by atoms with van der Waals surface area (Å²) in [5.41, 5.74) is 4.61. The van der Waals surface area contributed by atoms with Crippen LogP contribution in [0.2, 0.25) is 0 Å². The van der Waals surface area contributed by atoms with Crippen LogP contribution in [-0.2, 0) is 24.7 Å². The molecule has 4 aromatic carbocycles.